The van der Waals surface area contributed by atoms with Gasteiger partial charge in [0.1, 0.15) is 0 Å². The van der Waals surface area contributed by atoms with E-state index in [2.05, 4.69) is 31.8 Å². The second-order valence-electron chi connectivity index (χ2n) is 4.45. The molecule has 2 bridgehead atoms. The van der Waals surface area contributed by atoms with Crippen molar-refractivity contribution in [3.63, 3.8) is 0 Å². The zero-order valence-corrected chi connectivity index (χ0v) is 9.16. The molecule has 0 aromatic heterocycles. The highest BCUT2D eigenvalue weighted by molar-refractivity contribution is 6.54. The van der Waals surface area contributed by atoms with E-state index in [0.29, 0.717) is 0 Å². The van der Waals surface area contributed by atoms with Crippen LogP contribution in [0.1, 0.15) is 19.3 Å². The third-order valence-corrected chi connectivity index (χ3v) is 2.17. The fraction of sp³-hybridized carbons (Fsp3) is 0.800. The first-order valence-electron chi connectivity index (χ1n) is 4.87. The lowest BCUT2D eigenvalue weighted by Gasteiger charge is -1.96. The molecule has 0 aliphatic heterocycles. The highest BCUT2D eigenvalue weighted by atomic mass is 28.3. The summed E-state index contributed by atoms with van der Waals surface area (Å²) in [6.07, 6.45) is 9.19. The molecule has 2 rings (SSSR count). The monoisotopic (exact) mass is 168 g/mol. The van der Waals surface area contributed by atoms with Crippen molar-refractivity contribution in [2.75, 3.05) is 0 Å². The Bertz CT molecular complexity index is 123. The first kappa shape index (κ1) is 9.05. The molecule has 1 fully saturated rings. The minimum absolute atomic E-state index is 0.139. The van der Waals surface area contributed by atoms with E-state index in [9.17, 15) is 0 Å². The molecule has 2 aliphatic carbocycles. The minimum atomic E-state index is -0.139. The summed E-state index contributed by atoms with van der Waals surface area (Å²) in [5, 5.41) is 0. The van der Waals surface area contributed by atoms with E-state index in [4.69, 9.17) is 0 Å². The fourth-order valence-corrected chi connectivity index (χ4v) is 1.72. The van der Waals surface area contributed by atoms with Crippen LogP contribution in [0.15, 0.2) is 12.2 Å². The van der Waals surface area contributed by atoms with Gasteiger partial charge in [-0.05, 0) is 31.1 Å². The molecule has 64 valence electrons. The molecular formula is C10H20Si. The van der Waals surface area contributed by atoms with Gasteiger partial charge >= 0.3 is 0 Å². The summed E-state index contributed by atoms with van der Waals surface area (Å²) in [4.78, 5) is 0. The van der Waals surface area contributed by atoms with Gasteiger partial charge in [0.15, 0.2) is 0 Å². The second-order valence-corrected chi connectivity index (χ2v) is 7.91. The molecule has 0 amide bonds. The SMILES string of the molecule is C1=CC2CCC1C2.C[SiH](C)C. The van der Waals surface area contributed by atoms with E-state index in [-0.39, 0.29) is 8.80 Å². The standard InChI is InChI=1S/C7H10.C3H10Si/c1-2-7-4-3-6(1)5-7;1-4(2)3/h1-2,6-7H,3-5H2;4H,1-3H3. The van der Waals surface area contributed by atoms with Crippen LogP contribution in [0, 0.1) is 11.8 Å². The third kappa shape index (κ3) is 3.24. The Labute approximate surface area is 72.3 Å². The lowest BCUT2D eigenvalue weighted by molar-refractivity contribution is 0.691. The summed E-state index contributed by atoms with van der Waals surface area (Å²) < 4.78 is 0. The van der Waals surface area contributed by atoms with Gasteiger partial charge in [-0.15, -0.1) is 0 Å². The highest BCUT2D eigenvalue weighted by Crippen LogP contribution is 2.38. The Kier molecular flexibility index (Phi) is 3.37. The molecule has 2 aliphatic rings. The van der Waals surface area contributed by atoms with Crippen LogP contribution in [-0.4, -0.2) is 8.80 Å². The predicted octanol–water partition coefficient (Wildman–Crippen LogP) is 3.08. The molecule has 2 atom stereocenters. The van der Waals surface area contributed by atoms with Gasteiger partial charge in [-0.3, -0.25) is 0 Å². The van der Waals surface area contributed by atoms with Crippen molar-refractivity contribution >= 4 is 8.80 Å². The largest absolute Gasteiger partial charge is 0.0851 e. The molecule has 0 heterocycles. The molecule has 0 N–H and O–H groups in total. The Morgan fingerprint density at radius 2 is 1.36 bits per heavy atom. The van der Waals surface area contributed by atoms with Gasteiger partial charge in [-0.2, -0.15) is 0 Å². The molecular weight excluding hydrogens is 148 g/mol. The van der Waals surface area contributed by atoms with E-state index in [1.54, 1.807) is 0 Å². The quantitative estimate of drug-likeness (QED) is 0.385. The summed E-state index contributed by atoms with van der Waals surface area (Å²) in [6.45, 7) is 6.92. The number of allylic oxidation sites excluding steroid dienone is 2. The van der Waals surface area contributed by atoms with E-state index in [0.717, 1.165) is 11.8 Å². The van der Waals surface area contributed by atoms with Crippen molar-refractivity contribution in [3.8, 4) is 0 Å². The van der Waals surface area contributed by atoms with Crippen LogP contribution in [0.5, 0.6) is 0 Å². The van der Waals surface area contributed by atoms with Gasteiger partial charge in [0.05, 0.1) is 0 Å². The Morgan fingerprint density at radius 1 is 1.00 bits per heavy atom. The number of rotatable bonds is 0. The van der Waals surface area contributed by atoms with Crippen molar-refractivity contribution in [1.82, 2.24) is 0 Å². The Hall–Kier alpha value is -0.0431. The van der Waals surface area contributed by atoms with E-state index in [1.165, 1.54) is 19.3 Å². The lowest BCUT2D eigenvalue weighted by Crippen LogP contribution is -1.84. The topological polar surface area (TPSA) is 0 Å². The van der Waals surface area contributed by atoms with Crippen LogP contribution in [0.25, 0.3) is 0 Å². The predicted molar refractivity (Wildman–Crippen MR) is 54.7 cm³/mol. The molecule has 0 nitrogen and oxygen atoms in total. The van der Waals surface area contributed by atoms with Crippen LogP contribution in [0.2, 0.25) is 19.6 Å². The molecule has 2 unspecified atom stereocenters. The Morgan fingerprint density at radius 3 is 1.45 bits per heavy atom. The zero-order chi connectivity index (χ0) is 8.27. The van der Waals surface area contributed by atoms with E-state index in [1.807, 2.05) is 0 Å². The van der Waals surface area contributed by atoms with Crippen LogP contribution < -0.4 is 0 Å². The summed E-state index contributed by atoms with van der Waals surface area (Å²) in [6, 6.07) is 0. The molecule has 0 aromatic carbocycles. The first-order chi connectivity index (χ1) is 5.18. The van der Waals surface area contributed by atoms with Crippen molar-refractivity contribution in [2.24, 2.45) is 11.8 Å². The van der Waals surface area contributed by atoms with Crippen molar-refractivity contribution < 1.29 is 0 Å². The molecule has 1 saturated carbocycles. The molecule has 0 saturated heterocycles. The lowest BCUT2D eigenvalue weighted by atomic mass is 10.1. The van der Waals surface area contributed by atoms with Crippen molar-refractivity contribution in [2.45, 2.75) is 38.9 Å². The Balaban J connectivity index is 0.000000134. The molecule has 11 heavy (non-hydrogen) atoms. The summed E-state index contributed by atoms with van der Waals surface area (Å²) in [5.41, 5.74) is 0. The van der Waals surface area contributed by atoms with Gasteiger partial charge in [0, 0.05) is 8.80 Å². The zero-order valence-electron chi connectivity index (χ0n) is 8.01. The number of hydrogen-bond donors (Lipinski definition) is 0. The molecule has 0 aromatic rings. The van der Waals surface area contributed by atoms with Crippen molar-refractivity contribution in [1.29, 1.82) is 0 Å². The first-order valence-corrected chi connectivity index (χ1v) is 8.33. The van der Waals surface area contributed by atoms with Gasteiger partial charge in [0.25, 0.3) is 0 Å². The maximum Gasteiger partial charge on any atom is 0.0274 e. The number of fused-ring (bicyclic) bond motifs is 2. The van der Waals surface area contributed by atoms with Gasteiger partial charge in [0.2, 0.25) is 0 Å². The van der Waals surface area contributed by atoms with Gasteiger partial charge in [-0.1, -0.05) is 31.8 Å². The maximum absolute atomic E-state index is 2.38. The third-order valence-electron chi connectivity index (χ3n) is 2.17. The van der Waals surface area contributed by atoms with E-state index < -0.39 is 0 Å². The average molecular weight is 168 g/mol. The van der Waals surface area contributed by atoms with Crippen molar-refractivity contribution in [3.05, 3.63) is 12.2 Å². The fourth-order valence-electron chi connectivity index (χ4n) is 1.72. The summed E-state index contributed by atoms with van der Waals surface area (Å²) >= 11 is 0. The summed E-state index contributed by atoms with van der Waals surface area (Å²) in [7, 11) is -0.139. The van der Waals surface area contributed by atoms with Gasteiger partial charge < -0.3 is 0 Å². The van der Waals surface area contributed by atoms with E-state index >= 15 is 0 Å². The maximum atomic E-state index is 2.38. The van der Waals surface area contributed by atoms with Crippen LogP contribution in [-0.2, 0) is 0 Å². The molecule has 1 heteroatoms. The highest BCUT2D eigenvalue weighted by Gasteiger charge is 2.25. The minimum Gasteiger partial charge on any atom is -0.0851 e. The van der Waals surface area contributed by atoms with Gasteiger partial charge in [-0.25, -0.2) is 0 Å². The molecule has 0 spiro atoms. The van der Waals surface area contributed by atoms with Crippen LogP contribution in [0.3, 0.4) is 0 Å². The average Bonchev–Trinajstić information content (AvgIpc) is 2.45. The smallest absolute Gasteiger partial charge is 0.0274 e. The number of hydrogen-bond acceptors (Lipinski definition) is 0. The molecule has 0 radical (unpaired) electrons. The van der Waals surface area contributed by atoms with Crippen LogP contribution >= 0.6 is 0 Å². The van der Waals surface area contributed by atoms with Crippen LogP contribution in [0.4, 0.5) is 0 Å². The second kappa shape index (κ2) is 4.10. The normalized spacial score (nSPS) is 32.4. The summed E-state index contributed by atoms with van der Waals surface area (Å²) in [5.74, 6) is 1.98.